The smallest absolute Gasteiger partial charge is 0.263 e. The summed E-state index contributed by atoms with van der Waals surface area (Å²) in [6.07, 6.45) is 5.72. The number of likely N-dealkylation sites (tertiary alicyclic amines) is 1. The summed E-state index contributed by atoms with van der Waals surface area (Å²) in [4.78, 5) is 19.6. The Morgan fingerprint density at radius 2 is 2.04 bits per heavy atom. The van der Waals surface area contributed by atoms with Crippen molar-refractivity contribution in [1.29, 1.82) is 0 Å². The number of carbonyl (C=O) groups is 1. The maximum Gasteiger partial charge on any atom is 0.263 e. The van der Waals surface area contributed by atoms with Crippen molar-refractivity contribution in [2.24, 2.45) is 5.73 Å². The van der Waals surface area contributed by atoms with Crippen LogP contribution in [0.1, 0.15) is 65.8 Å². The topological polar surface area (TPSA) is 85.2 Å². The van der Waals surface area contributed by atoms with Crippen molar-refractivity contribution in [3.05, 3.63) is 33.1 Å². The number of halogens is 1. The third kappa shape index (κ3) is 3.32. The molecule has 0 radical (unpaired) electrons. The molecule has 0 unspecified atom stereocenters. The van der Waals surface area contributed by atoms with Crippen LogP contribution in [0, 0.1) is 0 Å². The maximum atomic E-state index is 12.5. The normalized spacial score (nSPS) is 21.0. The van der Waals surface area contributed by atoms with Crippen molar-refractivity contribution in [3.63, 3.8) is 0 Å². The van der Waals surface area contributed by atoms with Gasteiger partial charge in [0.2, 0.25) is 5.89 Å². The molecule has 4 rings (SSSR count). The van der Waals surface area contributed by atoms with E-state index in [-0.39, 0.29) is 11.8 Å². The lowest BCUT2D eigenvalue weighted by molar-refractivity contribution is 0.0709. The van der Waals surface area contributed by atoms with Gasteiger partial charge in [-0.15, -0.1) is 11.3 Å². The van der Waals surface area contributed by atoms with Gasteiger partial charge in [-0.05, 0) is 37.8 Å². The number of nitrogens with zero attached hydrogens (tertiary/aromatic N) is 3. The fraction of sp³-hybridized carbons (Fsp3) is 0.588. The van der Waals surface area contributed by atoms with E-state index in [1.54, 1.807) is 12.1 Å². The van der Waals surface area contributed by atoms with E-state index in [1.807, 2.05) is 4.90 Å². The van der Waals surface area contributed by atoms with E-state index in [2.05, 4.69) is 10.1 Å². The zero-order valence-corrected chi connectivity index (χ0v) is 15.5. The number of carbonyl (C=O) groups excluding carboxylic acids is 1. The highest BCUT2D eigenvalue weighted by atomic mass is 35.5. The number of nitrogens with two attached hydrogens (primary N) is 1. The van der Waals surface area contributed by atoms with Gasteiger partial charge in [-0.2, -0.15) is 4.98 Å². The molecule has 2 aliphatic rings. The average molecular weight is 381 g/mol. The first-order valence-electron chi connectivity index (χ1n) is 8.73. The number of thiophene rings is 1. The molecular weight excluding hydrogens is 360 g/mol. The summed E-state index contributed by atoms with van der Waals surface area (Å²) in [5.74, 6) is 1.56. The molecule has 1 amide bonds. The maximum absolute atomic E-state index is 12.5. The Morgan fingerprint density at radius 3 is 2.68 bits per heavy atom. The predicted molar refractivity (Wildman–Crippen MR) is 95.8 cm³/mol. The Balaban J connectivity index is 1.39. The molecule has 0 atom stereocenters. The summed E-state index contributed by atoms with van der Waals surface area (Å²) in [5.41, 5.74) is 5.98. The lowest BCUT2D eigenvalue weighted by atomic mass is 9.96. The Kier molecular flexibility index (Phi) is 4.56. The first-order chi connectivity index (χ1) is 12.0. The van der Waals surface area contributed by atoms with Gasteiger partial charge in [0, 0.05) is 19.0 Å². The van der Waals surface area contributed by atoms with Crippen molar-refractivity contribution >= 4 is 28.8 Å². The Bertz CT molecular complexity index is 760. The van der Waals surface area contributed by atoms with Gasteiger partial charge in [0.25, 0.3) is 5.91 Å². The van der Waals surface area contributed by atoms with Crippen LogP contribution in [0.25, 0.3) is 0 Å². The molecule has 25 heavy (non-hydrogen) atoms. The Morgan fingerprint density at radius 1 is 1.32 bits per heavy atom. The highest BCUT2D eigenvalue weighted by molar-refractivity contribution is 7.17. The largest absolute Gasteiger partial charge is 0.339 e. The van der Waals surface area contributed by atoms with Gasteiger partial charge >= 0.3 is 0 Å². The summed E-state index contributed by atoms with van der Waals surface area (Å²) in [6.45, 7) is 1.37. The van der Waals surface area contributed by atoms with E-state index in [4.69, 9.17) is 21.9 Å². The highest BCUT2D eigenvalue weighted by Crippen LogP contribution is 2.36. The summed E-state index contributed by atoms with van der Waals surface area (Å²) >= 11 is 7.25. The predicted octanol–water partition coefficient (Wildman–Crippen LogP) is 3.53. The van der Waals surface area contributed by atoms with E-state index >= 15 is 0 Å². The Labute approximate surface area is 155 Å². The number of piperidine rings is 1. The summed E-state index contributed by atoms with van der Waals surface area (Å²) in [7, 11) is 0. The van der Waals surface area contributed by atoms with Crippen molar-refractivity contribution < 1.29 is 9.32 Å². The van der Waals surface area contributed by atoms with Crippen molar-refractivity contribution in [2.75, 3.05) is 13.1 Å². The molecule has 1 aliphatic heterocycles. The molecule has 2 aromatic rings. The Hall–Kier alpha value is -1.44. The van der Waals surface area contributed by atoms with E-state index in [9.17, 15) is 4.79 Å². The fourth-order valence-corrected chi connectivity index (χ4v) is 4.76. The summed E-state index contributed by atoms with van der Waals surface area (Å²) in [5, 5.41) is 4.14. The second-order valence-electron chi connectivity index (χ2n) is 6.99. The summed E-state index contributed by atoms with van der Waals surface area (Å²) < 4.78 is 6.14. The van der Waals surface area contributed by atoms with E-state index < -0.39 is 5.54 Å². The molecule has 1 saturated carbocycles. The standard InChI is InChI=1S/C17H21ClN4O2S/c18-13-4-3-12(25-13)15(23)22-9-5-11(6-10-22)14-20-16(21-24-14)17(19)7-1-2-8-17/h3-4,11H,1-2,5-10,19H2. The first-order valence-corrected chi connectivity index (χ1v) is 9.92. The van der Waals surface area contributed by atoms with Crippen LogP contribution < -0.4 is 5.73 Å². The van der Waals surface area contributed by atoms with Gasteiger partial charge in [-0.25, -0.2) is 0 Å². The van der Waals surface area contributed by atoms with Gasteiger partial charge < -0.3 is 15.2 Å². The average Bonchev–Trinajstić information content (AvgIpc) is 3.35. The molecular formula is C17H21ClN4O2S. The number of amides is 1. The molecule has 1 saturated heterocycles. The minimum atomic E-state index is -0.420. The number of aromatic nitrogens is 2. The minimum Gasteiger partial charge on any atom is -0.339 e. The van der Waals surface area contributed by atoms with E-state index in [0.717, 1.165) is 38.5 Å². The van der Waals surface area contributed by atoms with E-state index in [1.165, 1.54) is 11.3 Å². The zero-order chi connectivity index (χ0) is 17.4. The van der Waals surface area contributed by atoms with E-state index in [0.29, 0.717) is 34.0 Å². The van der Waals surface area contributed by atoms with Crippen LogP contribution >= 0.6 is 22.9 Å². The van der Waals surface area contributed by atoms with Gasteiger partial charge in [-0.1, -0.05) is 29.6 Å². The summed E-state index contributed by atoms with van der Waals surface area (Å²) in [6, 6.07) is 3.55. The molecule has 0 bridgehead atoms. The van der Waals surface area contributed by atoms with Gasteiger partial charge in [-0.3, -0.25) is 4.79 Å². The van der Waals surface area contributed by atoms with Gasteiger partial charge in [0.1, 0.15) is 0 Å². The fourth-order valence-electron chi connectivity index (χ4n) is 3.75. The van der Waals surface area contributed by atoms with Gasteiger partial charge in [0.05, 0.1) is 14.8 Å². The van der Waals surface area contributed by atoms with Gasteiger partial charge in [0.15, 0.2) is 5.82 Å². The molecule has 134 valence electrons. The third-order valence-electron chi connectivity index (χ3n) is 5.30. The quantitative estimate of drug-likeness (QED) is 0.880. The minimum absolute atomic E-state index is 0.0495. The molecule has 6 nitrogen and oxygen atoms in total. The molecule has 0 aromatic carbocycles. The van der Waals surface area contributed by atoms with Crippen LogP contribution in [-0.4, -0.2) is 34.0 Å². The lowest BCUT2D eigenvalue weighted by Gasteiger charge is -2.30. The van der Waals surface area contributed by atoms with Crippen molar-refractivity contribution in [2.45, 2.75) is 50.0 Å². The van der Waals surface area contributed by atoms with Crippen LogP contribution in [0.15, 0.2) is 16.7 Å². The van der Waals surface area contributed by atoms with Crippen LogP contribution in [0.2, 0.25) is 4.34 Å². The second kappa shape index (κ2) is 6.70. The second-order valence-corrected chi connectivity index (χ2v) is 8.70. The molecule has 0 spiro atoms. The van der Waals surface area contributed by atoms with Crippen LogP contribution in [-0.2, 0) is 5.54 Å². The molecule has 2 aromatic heterocycles. The highest BCUT2D eigenvalue weighted by Gasteiger charge is 2.37. The van der Waals surface area contributed by atoms with Crippen LogP contribution in [0.4, 0.5) is 0 Å². The molecule has 1 aliphatic carbocycles. The monoisotopic (exact) mass is 380 g/mol. The van der Waals surface area contributed by atoms with Crippen LogP contribution in [0.5, 0.6) is 0 Å². The molecule has 2 fully saturated rings. The lowest BCUT2D eigenvalue weighted by Crippen LogP contribution is -2.37. The zero-order valence-electron chi connectivity index (χ0n) is 13.9. The first kappa shape index (κ1) is 17.0. The van der Waals surface area contributed by atoms with Crippen LogP contribution in [0.3, 0.4) is 0 Å². The molecule has 2 N–H and O–H groups in total. The van der Waals surface area contributed by atoms with Crippen molar-refractivity contribution in [1.82, 2.24) is 15.0 Å². The van der Waals surface area contributed by atoms with Crippen molar-refractivity contribution in [3.8, 4) is 0 Å². The number of hydrogen-bond acceptors (Lipinski definition) is 6. The molecule has 8 heteroatoms. The SMILES string of the molecule is NC1(c2noc(C3CCN(C(=O)c4ccc(Cl)s4)CC3)n2)CCCC1. The number of rotatable bonds is 3. The number of hydrogen-bond donors (Lipinski definition) is 1. The third-order valence-corrected chi connectivity index (χ3v) is 6.52. The molecule has 3 heterocycles.